The van der Waals surface area contributed by atoms with Gasteiger partial charge in [0.15, 0.2) is 0 Å². The van der Waals surface area contributed by atoms with Gasteiger partial charge in [-0.1, -0.05) is 30.3 Å². The topological polar surface area (TPSA) is 19.4 Å². The predicted octanol–water partition coefficient (Wildman–Crippen LogP) is 2.93. The minimum absolute atomic E-state index is 0.407. The van der Waals surface area contributed by atoms with E-state index in [9.17, 15) is 4.39 Å². The van der Waals surface area contributed by atoms with Gasteiger partial charge in [-0.2, -0.15) is 4.39 Å². The summed E-state index contributed by atoms with van der Waals surface area (Å²) in [4.78, 5) is 8.62. The number of likely N-dealkylation sites (tertiary alicyclic amines) is 1. The molecule has 0 saturated carbocycles. The largest absolute Gasteiger partial charge is 0.370 e. The van der Waals surface area contributed by atoms with E-state index in [0.717, 1.165) is 38.4 Å². The predicted molar refractivity (Wildman–Crippen MR) is 85.2 cm³/mol. The van der Waals surface area contributed by atoms with E-state index in [1.807, 2.05) is 6.07 Å². The van der Waals surface area contributed by atoms with Crippen molar-refractivity contribution in [2.45, 2.75) is 13.0 Å². The Bertz CT molecular complexity index is 635. The number of anilines is 1. The van der Waals surface area contributed by atoms with Gasteiger partial charge in [-0.05, 0) is 24.1 Å². The third-order valence-electron chi connectivity index (χ3n) is 4.88. The van der Waals surface area contributed by atoms with Gasteiger partial charge in [0.05, 0.1) is 11.9 Å². The molecule has 0 atom stereocenters. The molecule has 0 N–H and O–H groups in total. The second-order valence-electron chi connectivity index (χ2n) is 6.64. The van der Waals surface area contributed by atoms with E-state index in [-0.39, 0.29) is 0 Å². The first kappa shape index (κ1) is 13.7. The molecule has 0 amide bonds. The maximum Gasteiger partial charge on any atom is 0.212 e. The minimum Gasteiger partial charge on any atom is -0.370 e. The standard InChI is InChI=1S/C18H20FN3/c19-17-7-6-16(10-20-17)22-9-8-18(14-22)12-21(13-18)11-15-4-2-1-3-5-15/h1-7,10H,8-9,11-14H2. The van der Waals surface area contributed by atoms with Crippen molar-refractivity contribution in [3.8, 4) is 0 Å². The highest BCUT2D eigenvalue weighted by Crippen LogP contribution is 2.41. The molecule has 2 aliphatic rings. The van der Waals surface area contributed by atoms with Crippen molar-refractivity contribution in [2.75, 3.05) is 31.1 Å². The van der Waals surface area contributed by atoms with Gasteiger partial charge in [-0.25, -0.2) is 4.98 Å². The van der Waals surface area contributed by atoms with E-state index < -0.39 is 5.95 Å². The lowest BCUT2D eigenvalue weighted by molar-refractivity contribution is 0.0117. The second-order valence-corrected chi connectivity index (χ2v) is 6.64. The van der Waals surface area contributed by atoms with Crippen LogP contribution >= 0.6 is 0 Å². The van der Waals surface area contributed by atoms with Crippen molar-refractivity contribution in [3.63, 3.8) is 0 Å². The van der Waals surface area contributed by atoms with Crippen LogP contribution in [-0.4, -0.2) is 36.1 Å². The van der Waals surface area contributed by atoms with Crippen molar-refractivity contribution >= 4 is 5.69 Å². The zero-order valence-electron chi connectivity index (χ0n) is 12.6. The zero-order valence-corrected chi connectivity index (χ0v) is 12.6. The van der Waals surface area contributed by atoms with Gasteiger partial charge in [0.1, 0.15) is 0 Å². The van der Waals surface area contributed by atoms with Crippen molar-refractivity contribution in [3.05, 3.63) is 60.2 Å². The van der Waals surface area contributed by atoms with Crippen LogP contribution in [0.2, 0.25) is 0 Å². The Balaban J connectivity index is 1.35. The second kappa shape index (κ2) is 5.36. The Morgan fingerprint density at radius 3 is 2.59 bits per heavy atom. The first-order valence-electron chi connectivity index (χ1n) is 7.85. The summed E-state index contributed by atoms with van der Waals surface area (Å²) in [5.41, 5.74) is 2.85. The van der Waals surface area contributed by atoms with Crippen LogP contribution in [0.25, 0.3) is 0 Å². The molecule has 4 heteroatoms. The lowest BCUT2D eigenvalue weighted by atomic mass is 9.79. The molecule has 0 aliphatic carbocycles. The van der Waals surface area contributed by atoms with Crippen LogP contribution in [0, 0.1) is 11.4 Å². The molecule has 1 spiro atoms. The number of hydrogen-bond acceptors (Lipinski definition) is 3. The number of benzene rings is 1. The highest BCUT2D eigenvalue weighted by Gasteiger charge is 2.47. The summed E-state index contributed by atoms with van der Waals surface area (Å²) in [6.07, 6.45) is 2.87. The molecular formula is C18H20FN3. The molecule has 2 fully saturated rings. The van der Waals surface area contributed by atoms with Crippen LogP contribution in [0.15, 0.2) is 48.7 Å². The molecule has 0 radical (unpaired) electrons. The molecule has 1 aromatic carbocycles. The van der Waals surface area contributed by atoms with E-state index in [1.165, 1.54) is 18.1 Å². The lowest BCUT2D eigenvalue weighted by Crippen LogP contribution is -2.56. The fourth-order valence-electron chi connectivity index (χ4n) is 3.82. The van der Waals surface area contributed by atoms with Gasteiger partial charge < -0.3 is 4.90 Å². The first-order valence-corrected chi connectivity index (χ1v) is 7.85. The minimum atomic E-state index is -0.407. The van der Waals surface area contributed by atoms with Crippen LogP contribution < -0.4 is 4.90 Å². The molecule has 4 rings (SSSR count). The molecule has 1 aromatic heterocycles. The van der Waals surface area contributed by atoms with Crippen molar-refractivity contribution in [2.24, 2.45) is 5.41 Å². The van der Waals surface area contributed by atoms with E-state index >= 15 is 0 Å². The molecular weight excluding hydrogens is 277 g/mol. The Morgan fingerprint density at radius 1 is 1.05 bits per heavy atom. The average molecular weight is 297 g/mol. The van der Waals surface area contributed by atoms with Crippen LogP contribution in [0.3, 0.4) is 0 Å². The molecule has 2 aromatic rings. The maximum atomic E-state index is 12.9. The number of nitrogens with zero attached hydrogens (tertiary/aromatic N) is 3. The van der Waals surface area contributed by atoms with Gasteiger partial charge in [0.2, 0.25) is 5.95 Å². The Morgan fingerprint density at radius 2 is 1.86 bits per heavy atom. The molecule has 0 bridgehead atoms. The smallest absolute Gasteiger partial charge is 0.212 e. The van der Waals surface area contributed by atoms with Crippen LogP contribution in [0.4, 0.5) is 10.1 Å². The molecule has 2 saturated heterocycles. The Kier molecular flexibility index (Phi) is 3.34. The Labute approximate surface area is 130 Å². The summed E-state index contributed by atoms with van der Waals surface area (Å²) in [7, 11) is 0. The van der Waals surface area contributed by atoms with Crippen molar-refractivity contribution in [1.82, 2.24) is 9.88 Å². The SMILES string of the molecule is Fc1ccc(N2CCC3(CN(Cc4ccccc4)C3)C2)cn1. The average Bonchev–Trinajstić information content (AvgIpc) is 2.94. The number of rotatable bonds is 3. The summed E-state index contributed by atoms with van der Waals surface area (Å²) in [5.74, 6) is -0.407. The molecule has 0 unspecified atom stereocenters. The van der Waals surface area contributed by atoms with E-state index in [1.54, 1.807) is 6.20 Å². The Hall–Kier alpha value is -1.94. The van der Waals surface area contributed by atoms with Gasteiger partial charge in [0, 0.05) is 38.1 Å². The third kappa shape index (κ3) is 2.59. The molecule has 3 heterocycles. The lowest BCUT2D eigenvalue weighted by Gasteiger charge is -2.48. The van der Waals surface area contributed by atoms with Crippen LogP contribution in [-0.2, 0) is 6.54 Å². The summed E-state index contributed by atoms with van der Waals surface area (Å²) >= 11 is 0. The fraction of sp³-hybridized carbons (Fsp3) is 0.389. The zero-order chi connectivity index (χ0) is 15.0. The van der Waals surface area contributed by atoms with Crippen LogP contribution in [0.5, 0.6) is 0 Å². The summed E-state index contributed by atoms with van der Waals surface area (Å²) < 4.78 is 12.9. The summed E-state index contributed by atoms with van der Waals surface area (Å²) in [6.45, 7) is 5.47. The number of halogens is 1. The fourth-order valence-corrected chi connectivity index (χ4v) is 3.82. The molecule has 2 aliphatic heterocycles. The third-order valence-corrected chi connectivity index (χ3v) is 4.88. The van der Waals surface area contributed by atoms with E-state index in [2.05, 4.69) is 45.1 Å². The normalized spacial score (nSPS) is 20.3. The van der Waals surface area contributed by atoms with Crippen molar-refractivity contribution < 1.29 is 4.39 Å². The highest BCUT2D eigenvalue weighted by atomic mass is 19.1. The number of hydrogen-bond donors (Lipinski definition) is 0. The van der Waals surface area contributed by atoms with E-state index in [0.29, 0.717) is 5.41 Å². The summed E-state index contributed by atoms with van der Waals surface area (Å²) in [5, 5.41) is 0. The summed E-state index contributed by atoms with van der Waals surface area (Å²) in [6, 6.07) is 13.9. The highest BCUT2D eigenvalue weighted by molar-refractivity contribution is 5.46. The number of pyridine rings is 1. The van der Waals surface area contributed by atoms with Crippen LogP contribution in [0.1, 0.15) is 12.0 Å². The van der Waals surface area contributed by atoms with Gasteiger partial charge in [0.25, 0.3) is 0 Å². The maximum absolute atomic E-state index is 12.9. The monoisotopic (exact) mass is 297 g/mol. The van der Waals surface area contributed by atoms with Crippen molar-refractivity contribution in [1.29, 1.82) is 0 Å². The first-order chi connectivity index (χ1) is 10.7. The van der Waals surface area contributed by atoms with Gasteiger partial charge in [-0.15, -0.1) is 0 Å². The van der Waals surface area contributed by atoms with E-state index in [4.69, 9.17) is 0 Å². The molecule has 22 heavy (non-hydrogen) atoms. The number of aromatic nitrogens is 1. The molecule has 114 valence electrons. The van der Waals surface area contributed by atoms with Gasteiger partial charge >= 0.3 is 0 Å². The van der Waals surface area contributed by atoms with Gasteiger partial charge in [-0.3, -0.25) is 4.90 Å². The quantitative estimate of drug-likeness (QED) is 0.812. The molecule has 3 nitrogen and oxygen atoms in total.